The van der Waals surface area contributed by atoms with Crippen LogP contribution >= 0.6 is 11.8 Å². The standard InChI is InChI=1S/C26H30N6O3S/c27-22(15-18-8-3-1-4-9-18)24(33)30-23(25(34)35)16-19-10-7-11-20(14-19)17-36-26(31-28)32(29)21-12-5-2-6-13-21/h1-14,22-23H,15-17,27-29H2,(H,30,33)(H,34,35)/b31-26+. The molecule has 188 valence electrons. The topological polar surface area (TPSA) is 160 Å². The summed E-state index contributed by atoms with van der Waals surface area (Å²) in [5, 5.41) is 17.9. The minimum atomic E-state index is -1.13. The number of nitrogens with two attached hydrogens (primary N) is 3. The molecule has 0 spiro atoms. The van der Waals surface area contributed by atoms with Gasteiger partial charge in [-0.25, -0.2) is 10.6 Å². The third-order valence-corrected chi connectivity index (χ3v) is 6.44. The first-order chi connectivity index (χ1) is 17.4. The number of hydrazine groups is 1. The fourth-order valence-corrected chi connectivity index (χ4v) is 4.33. The molecule has 1 amide bonds. The molecular weight excluding hydrogens is 476 g/mol. The number of anilines is 1. The average Bonchev–Trinajstić information content (AvgIpc) is 2.89. The van der Waals surface area contributed by atoms with Crippen molar-refractivity contribution < 1.29 is 14.7 Å². The Morgan fingerprint density at radius 3 is 2.17 bits per heavy atom. The lowest BCUT2D eigenvalue weighted by Gasteiger charge is -2.20. The molecule has 0 saturated carbocycles. The zero-order chi connectivity index (χ0) is 25.9. The van der Waals surface area contributed by atoms with Crippen LogP contribution < -0.4 is 27.7 Å². The van der Waals surface area contributed by atoms with E-state index in [1.54, 1.807) is 0 Å². The molecule has 0 saturated heterocycles. The van der Waals surface area contributed by atoms with E-state index in [1.165, 1.54) is 16.8 Å². The average molecular weight is 507 g/mol. The van der Waals surface area contributed by atoms with Crippen molar-refractivity contribution in [1.29, 1.82) is 0 Å². The number of amides is 1. The normalized spacial score (nSPS) is 13.0. The molecule has 9 nitrogen and oxygen atoms in total. The van der Waals surface area contributed by atoms with Crippen molar-refractivity contribution >= 4 is 34.5 Å². The van der Waals surface area contributed by atoms with Gasteiger partial charge < -0.3 is 22.0 Å². The molecule has 10 heteroatoms. The van der Waals surface area contributed by atoms with E-state index in [9.17, 15) is 14.7 Å². The Morgan fingerprint density at radius 2 is 1.53 bits per heavy atom. The maximum atomic E-state index is 12.6. The second kappa shape index (κ2) is 13.3. The molecule has 0 fully saturated rings. The Labute approximate surface area is 214 Å². The number of thioether (sulfide) groups is 1. The number of carboxylic acid groups (broad SMARTS) is 1. The maximum Gasteiger partial charge on any atom is 0.326 e. The number of rotatable bonds is 10. The van der Waals surface area contributed by atoms with Crippen molar-refractivity contribution in [3.8, 4) is 0 Å². The Balaban J connectivity index is 1.60. The lowest BCUT2D eigenvalue weighted by molar-refractivity contribution is -0.141. The molecule has 0 aliphatic rings. The Bertz CT molecular complexity index is 1180. The van der Waals surface area contributed by atoms with E-state index in [0.717, 1.165) is 22.4 Å². The highest BCUT2D eigenvalue weighted by Crippen LogP contribution is 2.20. The smallest absolute Gasteiger partial charge is 0.326 e. The number of aliphatic carboxylic acids is 1. The minimum Gasteiger partial charge on any atom is -0.480 e. The van der Waals surface area contributed by atoms with Crippen molar-refractivity contribution in [2.45, 2.75) is 30.7 Å². The largest absolute Gasteiger partial charge is 0.480 e. The lowest BCUT2D eigenvalue weighted by atomic mass is 10.0. The number of hydrogen-bond donors (Lipinski definition) is 5. The molecule has 3 rings (SSSR count). The molecular formula is C26H30N6O3S. The summed E-state index contributed by atoms with van der Waals surface area (Å²) >= 11 is 1.35. The van der Waals surface area contributed by atoms with Crippen LogP contribution in [-0.4, -0.2) is 34.2 Å². The molecule has 2 atom stereocenters. The van der Waals surface area contributed by atoms with E-state index in [0.29, 0.717) is 17.3 Å². The molecule has 3 aromatic rings. The molecule has 0 radical (unpaired) electrons. The van der Waals surface area contributed by atoms with E-state index in [4.69, 9.17) is 17.4 Å². The van der Waals surface area contributed by atoms with Crippen LogP contribution in [0.25, 0.3) is 0 Å². The predicted octanol–water partition coefficient (Wildman–Crippen LogP) is 2.21. The van der Waals surface area contributed by atoms with E-state index >= 15 is 0 Å². The van der Waals surface area contributed by atoms with Crippen molar-refractivity contribution in [2.24, 2.45) is 22.5 Å². The zero-order valence-electron chi connectivity index (χ0n) is 19.7. The number of benzene rings is 3. The number of amidine groups is 1. The zero-order valence-corrected chi connectivity index (χ0v) is 20.5. The molecule has 0 heterocycles. The Hall–Kier alpha value is -3.86. The quantitative estimate of drug-likeness (QED) is 0.121. The molecule has 8 N–H and O–H groups in total. The summed E-state index contributed by atoms with van der Waals surface area (Å²) in [5.74, 6) is 10.6. The first-order valence-corrected chi connectivity index (χ1v) is 12.3. The van der Waals surface area contributed by atoms with Gasteiger partial charge in [-0.3, -0.25) is 9.80 Å². The van der Waals surface area contributed by atoms with Gasteiger partial charge in [0.1, 0.15) is 6.04 Å². The van der Waals surface area contributed by atoms with Crippen LogP contribution in [-0.2, 0) is 28.2 Å². The van der Waals surface area contributed by atoms with Crippen molar-refractivity contribution in [3.63, 3.8) is 0 Å². The van der Waals surface area contributed by atoms with Gasteiger partial charge in [0.05, 0.1) is 11.7 Å². The Kier molecular flexibility index (Phi) is 9.87. The number of nitrogens with one attached hydrogen (secondary N) is 1. The maximum absolute atomic E-state index is 12.6. The van der Waals surface area contributed by atoms with Gasteiger partial charge in [-0.05, 0) is 35.2 Å². The number of carboxylic acids is 1. The van der Waals surface area contributed by atoms with Crippen LogP contribution in [0.4, 0.5) is 5.69 Å². The SMILES string of the molecule is N/N=C(/SCc1cccc(CC(NC(=O)C(N)Cc2ccccc2)C(=O)O)c1)N(N)c1ccccc1. The third kappa shape index (κ3) is 7.84. The number of hydrogen-bond acceptors (Lipinski definition) is 7. The number of hydrazone groups is 1. The summed E-state index contributed by atoms with van der Waals surface area (Å²) < 4.78 is 0. The predicted molar refractivity (Wildman–Crippen MR) is 144 cm³/mol. The van der Waals surface area contributed by atoms with Crippen LogP contribution in [0, 0.1) is 0 Å². The molecule has 36 heavy (non-hydrogen) atoms. The van der Waals surface area contributed by atoms with Crippen molar-refractivity contribution in [3.05, 3.63) is 102 Å². The van der Waals surface area contributed by atoms with Gasteiger partial charge in [0, 0.05) is 12.2 Å². The highest BCUT2D eigenvalue weighted by molar-refractivity contribution is 8.13. The molecule has 0 aliphatic heterocycles. The van der Waals surface area contributed by atoms with Gasteiger partial charge in [-0.15, -0.1) is 0 Å². The number of carbonyl (C=O) groups is 2. The summed E-state index contributed by atoms with van der Waals surface area (Å²) in [6, 6.07) is 24.1. The van der Waals surface area contributed by atoms with Crippen molar-refractivity contribution in [1.82, 2.24) is 5.32 Å². The minimum absolute atomic E-state index is 0.114. The van der Waals surface area contributed by atoms with E-state index in [1.807, 2.05) is 84.9 Å². The lowest BCUT2D eigenvalue weighted by Crippen LogP contribution is -2.50. The van der Waals surface area contributed by atoms with Gasteiger partial charge in [0.25, 0.3) is 0 Å². The number of carbonyl (C=O) groups excluding carboxylic acids is 1. The molecule has 0 aromatic heterocycles. The highest BCUT2D eigenvalue weighted by atomic mass is 32.2. The van der Waals surface area contributed by atoms with Crippen LogP contribution in [0.1, 0.15) is 16.7 Å². The summed E-state index contributed by atoms with van der Waals surface area (Å²) in [7, 11) is 0. The third-order valence-electron chi connectivity index (χ3n) is 5.40. The van der Waals surface area contributed by atoms with Gasteiger partial charge in [-0.1, -0.05) is 84.6 Å². The van der Waals surface area contributed by atoms with Crippen molar-refractivity contribution in [2.75, 3.05) is 5.01 Å². The molecule has 0 aliphatic carbocycles. The fraction of sp³-hybridized carbons (Fsp3) is 0.192. The first-order valence-electron chi connectivity index (χ1n) is 11.3. The van der Waals surface area contributed by atoms with Gasteiger partial charge in [-0.2, -0.15) is 5.10 Å². The molecule has 3 aromatic carbocycles. The fourth-order valence-electron chi connectivity index (χ4n) is 3.54. The highest BCUT2D eigenvalue weighted by Gasteiger charge is 2.24. The number of para-hydroxylation sites is 1. The summed E-state index contributed by atoms with van der Waals surface area (Å²) in [6.45, 7) is 0. The summed E-state index contributed by atoms with van der Waals surface area (Å²) in [6.07, 6.45) is 0.431. The van der Waals surface area contributed by atoms with Crippen LogP contribution in [0.3, 0.4) is 0 Å². The van der Waals surface area contributed by atoms with Crippen LogP contribution in [0.5, 0.6) is 0 Å². The second-order valence-electron chi connectivity index (χ2n) is 8.13. The van der Waals surface area contributed by atoms with E-state index < -0.39 is 24.0 Å². The Morgan fingerprint density at radius 1 is 0.917 bits per heavy atom. The van der Waals surface area contributed by atoms with E-state index in [-0.39, 0.29) is 6.42 Å². The second-order valence-corrected chi connectivity index (χ2v) is 9.07. The van der Waals surface area contributed by atoms with Gasteiger partial charge in [0.2, 0.25) is 11.1 Å². The van der Waals surface area contributed by atoms with Gasteiger partial charge >= 0.3 is 5.97 Å². The van der Waals surface area contributed by atoms with Gasteiger partial charge in [0.15, 0.2) is 0 Å². The molecule has 0 bridgehead atoms. The monoisotopic (exact) mass is 506 g/mol. The van der Waals surface area contributed by atoms with E-state index in [2.05, 4.69) is 10.4 Å². The summed E-state index contributed by atoms with van der Waals surface area (Å²) in [4.78, 5) is 24.4. The number of nitrogens with zero attached hydrogens (tertiary/aromatic N) is 2. The first kappa shape index (κ1) is 26.7. The van der Waals surface area contributed by atoms with Crippen LogP contribution in [0.15, 0.2) is 90.0 Å². The summed E-state index contributed by atoms with van der Waals surface area (Å²) in [5.41, 5.74) is 9.35. The van der Waals surface area contributed by atoms with Crippen LogP contribution in [0.2, 0.25) is 0 Å². The molecule has 2 unspecified atom stereocenters.